The Labute approximate surface area is 204 Å². The number of benzene rings is 3. The zero-order chi connectivity index (χ0) is 24.8. The van der Waals surface area contributed by atoms with Crippen LogP contribution >= 0.6 is 0 Å². The van der Waals surface area contributed by atoms with Crippen LogP contribution in [0, 0.1) is 0 Å². The second-order valence-electron chi connectivity index (χ2n) is 8.31. The van der Waals surface area contributed by atoms with Crippen molar-refractivity contribution in [1.29, 1.82) is 0 Å². The summed E-state index contributed by atoms with van der Waals surface area (Å²) in [5.74, 6) is -1.16. The van der Waals surface area contributed by atoms with Gasteiger partial charge < -0.3 is 24.1 Å². The molecule has 0 spiro atoms. The van der Waals surface area contributed by atoms with Crippen LogP contribution in [0.15, 0.2) is 91.0 Å². The predicted molar refractivity (Wildman–Crippen MR) is 127 cm³/mol. The van der Waals surface area contributed by atoms with Gasteiger partial charge in [0.15, 0.2) is 24.6 Å². The molecule has 1 aliphatic rings. The highest BCUT2D eigenvalue weighted by Gasteiger charge is 2.50. The zero-order valence-electron chi connectivity index (χ0n) is 19.6. The van der Waals surface area contributed by atoms with Gasteiger partial charge in [0.25, 0.3) is 0 Å². The van der Waals surface area contributed by atoms with E-state index in [4.69, 9.17) is 18.9 Å². The summed E-state index contributed by atoms with van der Waals surface area (Å²) in [6.07, 6.45) is -4.68. The Kier molecular flexibility index (Phi) is 7.60. The van der Waals surface area contributed by atoms with E-state index >= 15 is 0 Å². The minimum Gasteiger partial charge on any atom is -0.456 e. The number of hydrogen-bond acceptors (Lipinski definition) is 7. The Morgan fingerprint density at radius 3 is 1.57 bits per heavy atom. The predicted octanol–water partition coefficient (Wildman–Crippen LogP) is 3.58. The summed E-state index contributed by atoms with van der Waals surface area (Å²) in [6.45, 7) is 2.37. The van der Waals surface area contributed by atoms with E-state index in [2.05, 4.69) is 0 Å². The highest BCUT2D eigenvalue weighted by atomic mass is 16.7. The van der Waals surface area contributed by atoms with Gasteiger partial charge in [-0.2, -0.15) is 0 Å². The lowest BCUT2D eigenvalue weighted by molar-refractivity contribution is -0.287. The lowest BCUT2D eigenvalue weighted by atomic mass is 9.79. The van der Waals surface area contributed by atoms with E-state index in [0.29, 0.717) is 0 Å². The summed E-state index contributed by atoms with van der Waals surface area (Å²) in [5, 5.41) is 10.9. The molecule has 0 amide bonds. The molecule has 3 aromatic carbocycles. The average molecular weight is 477 g/mol. The molecule has 7 nitrogen and oxygen atoms in total. The second kappa shape index (κ2) is 10.8. The van der Waals surface area contributed by atoms with Gasteiger partial charge in [-0.15, -0.1) is 0 Å². The smallest absolute Gasteiger partial charge is 0.303 e. The van der Waals surface area contributed by atoms with E-state index in [1.807, 2.05) is 91.0 Å². The number of carbonyl (C=O) groups excluding carboxylic acids is 2. The van der Waals surface area contributed by atoms with Crippen LogP contribution in [-0.2, 0) is 34.1 Å². The number of hydrogen-bond donors (Lipinski definition) is 1. The van der Waals surface area contributed by atoms with E-state index in [9.17, 15) is 14.7 Å². The molecule has 7 heteroatoms. The van der Waals surface area contributed by atoms with Crippen molar-refractivity contribution in [3.63, 3.8) is 0 Å². The summed E-state index contributed by atoms with van der Waals surface area (Å²) in [5.41, 5.74) is 1.16. The molecule has 1 aliphatic heterocycles. The minimum atomic E-state index is -1.44. The van der Waals surface area contributed by atoms with Gasteiger partial charge in [0, 0.05) is 13.8 Å². The highest BCUT2D eigenvalue weighted by Crippen LogP contribution is 2.43. The van der Waals surface area contributed by atoms with Gasteiger partial charge in [0.2, 0.25) is 0 Å². The fourth-order valence-corrected chi connectivity index (χ4v) is 4.46. The van der Waals surface area contributed by atoms with Crippen molar-refractivity contribution in [3.05, 3.63) is 108 Å². The topological polar surface area (TPSA) is 91.3 Å². The Bertz CT molecular complexity index is 1020. The number of rotatable bonds is 7. The number of aliphatic hydroxyl groups is 1. The molecule has 0 saturated carbocycles. The van der Waals surface area contributed by atoms with Crippen molar-refractivity contribution in [1.82, 2.24) is 0 Å². The van der Waals surface area contributed by atoms with E-state index in [1.54, 1.807) is 0 Å². The van der Waals surface area contributed by atoms with Crippen molar-refractivity contribution in [2.45, 2.75) is 44.1 Å². The first kappa shape index (κ1) is 24.6. The van der Waals surface area contributed by atoms with Crippen molar-refractivity contribution < 1.29 is 33.6 Å². The first-order valence-corrected chi connectivity index (χ1v) is 11.4. The maximum atomic E-state index is 12.0. The molecule has 1 N–H and O–H groups in total. The third-order valence-corrected chi connectivity index (χ3v) is 5.88. The number of esters is 2. The van der Waals surface area contributed by atoms with E-state index < -0.39 is 42.1 Å². The number of aliphatic hydroxyl groups excluding tert-OH is 1. The van der Waals surface area contributed by atoms with Gasteiger partial charge in [0.1, 0.15) is 5.60 Å². The minimum absolute atomic E-state index is 0.145. The van der Waals surface area contributed by atoms with Crippen LogP contribution in [0.1, 0.15) is 30.5 Å². The molecule has 0 aromatic heterocycles. The van der Waals surface area contributed by atoms with E-state index in [1.165, 1.54) is 13.8 Å². The molecule has 0 aliphatic carbocycles. The molecule has 0 bridgehead atoms. The van der Waals surface area contributed by atoms with Crippen LogP contribution < -0.4 is 0 Å². The molecule has 3 aromatic rings. The van der Waals surface area contributed by atoms with Crippen molar-refractivity contribution in [3.8, 4) is 0 Å². The monoisotopic (exact) mass is 476 g/mol. The number of carbonyl (C=O) groups is 2. The van der Waals surface area contributed by atoms with Gasteiger partial charge in [0.05, 0.1) is 6.61 Å². The standard InChI is InChI=1S/C28H28O7/c1-19(29)33-24-18-32-27(31)26(25(24)34-20(2)30)35-28(21-12-6-3-7-13-21,22-14-8-4-9-15-22)23-16-10-5-11-17-23/h3-17,24-27,31H,18H2,1-2H3. The van der Waals surface area contributed by atoms with E-state index in [0.717, 1.165) is 16.7 Å². The van der Waals surface area contributed by atoms with Crippen molar-refractivity contribution in [2.75, 3.05) is 6.61 Å². The lowest BCUT2D eigenvalue weighted by Crippen LogP contribution is -2.59. The normalized spacial score (nSPS) is 22.3. The summed E-state index contributed by atoms with van der Waals surface area (Å²) >= 11 is 0. The molecular formula is C28H28O7. The maximum absolute atomic E-state index is 12.0. The van der Waals surface area contributed by atoms with E-state index in [-0.39, 0.29) is 6.61 Å². The highest BCUT2D eigenvalue weighted by molar-refractivity contribution is 5.67. The fourth-order valence-electron chi connectivity index (χ4n) is 4.46. The third kappa shape index (κ3) is 5.27. The first-order chi connectivity index (χ1) is 16.9. The average Bonchev–Trinajstić information content (AvgIpc) is 2.87. The zero-order valence-corrected chi connectivity index (χ0v) is 19.6. The van der Waals surface area contributed by atoms with Crippen LogP contribution in [0.25, 0.3) is 0 Å². The van der Waals surface area contributed by atoms with Gasteiger partial charge in [-0.25, -0.2) is 0 Å². The van der Waals surface area contributed by atoms with Crippen LogP contribution in [0.2, 0.25) is 0 Å². The summed E-state index contributed by atoms with van der Waals surface area (Å²) in [7, 11) is 0. The second-order valence-corrected chi connectivity index (χ2v) is 8.31. The van der Waals surface area contributed by atoms with Crippen molar-refractivity contribution >= 4 is 11.9 Å². The molecule has 35 heavy (non-hydrogen) atoms. The SMILES string of the molecule is CC(=O)OC1COC(O)C(OC(c2ccccc2)(c2ccccc2)c2ccccc2)C1OC(C)=O. The summed E-state index contributed by atoms with van der Waals surface area (Å²) in [4.78, 5) is 23.8. The lowest BCUT2D eigenvalue weighted by Gasteiger charge is -2.45. The van der Waals surface area contributed by atoms with Gasteiger partial charge in [-0.3, -0.25) is 9.59 Å². The molecule has 1 heterocycles. The maximum Gasteiger partial charge on any atom is 0.303 e. The molecule has 1 fully saturated rings. The summed E-state index contributed by atoms with van der Waals surface area (Å²) in [6, 6.07) is 28.7. The Morgan fingerprint density at radius 1 is 0.743 bits per heavy atom. The largest absolute Gasteiger partial charge is 0.456 e. The first-order valence-electron chi connectivity index (χ1n) is 11.4. The molecule has 4 atom stereocenters. The fraction of sp³-hybridized carbons (Fsp3) is 0.286. The van der Waals surface area contributed by atoms with Crippen LogP contribution in [0.4, 0.5) is 0 Å². The van der Waals surface area contributed by atoms with Gasteiger partial charge in [-0.1, -0.05) is 91.0 Å². The Balaban J connectivity index is 1.90. The molecule has 182 valence electrons. The molecule has 4 unspecified atom stereocenters. The van der Waals surface area contributed by atoms with Crippen molar-refractivity contribution in [2.24, 2.45) is 0 Å². The quantitative estimate of drug-likeness (QED) is 0.412. The Hall–Kier alpha value is -3.52. The molecule has 4 rings (SSSR count). The van der Waals surface area contributed by atoms with Gasteiger partial charge >= 0.3 is 11.9 Å². The number of ether oxygens (including phenoxy) is 4. The van der Waals surface area contributed by atoms with Crippen LogP contribution in [-0.4, -0.2) is 48.3 Å². The van der Waals surface area contributed by atoms with Gasteiger partial charge in [-0.05, 0) is 16.7 Å². The van der Waals surface area contributed by atoms with Crippen LogP contribution in [0.3, 0.4) is 0 Å². The molecular weight excluding hydrogens is 448 g/mol. The Morgan fingerprint density at radius 2 is 1.17 bits per heavy atom. The third-order valence-electron chi connectivity index (χ3n) is 5.88. The molecule has 1 saturated heterocycles. The molecule has 0 radical (unpaired) electrons. The van der Waals surface area contributed by atoms with Crippen LogP contribution in [0.5, 0.6) is 0 Å². The summed E-state index contributed by atoms with van der Waals surface area (Å²) < 4.78 is 23.3.